The summed E-state index contributed by atoms with van der Waals surface area (Å²) in [6, 6.07) is 6.39. The van der Waals surface area contributed by atoms with Crippen LogP contribution in [-0.4, -0.2) is 19.3 Å². The Bertz CT molecular complexity index is 400. The van der Waals surface area contributed by atoms with Gasteiger partial charge in [0.15, 0.2) is 11.5 Å². The minimum atomic E-state index is 0.214. The fraction of sp³-hybridized carbons (Fsp3) is 0.625. The van der Waals surface area contributed by atoms with Crippen molar-refractivity contribution in [2.45, 2.75) is 57.6 Å². The quantitative estimate of drug-likeness (QED) is 0.856. The van der Waals surface area contributed by atoms with E-state index in [0.29, 0.717) is 6.10 Å². The van der Waals surface area contributed by atoms with E-state index in [9.17, 15) is 0 Å². The van der Waals surface area contributed by atoms with E-state index in [4.69, 9.17) is 15.2 Å². The van der Waals surface area contributed by atoms with E-state index >= 15 is 0 Å². The molecule has 19 heavy (non-hydrogen) atoms. The number of methoxy groups -OCH3 is 1. The van der Waals surface area contributed by atoms with Crippen molar-refractivity contribution >= 4 is 0 Å². The van der Waals surface area contributed by atoms with E-state index in [1.165, 1.54) is 18.4 Å². The van der Waals surface area contributed by atoms with E-state index < -0.39 is 0 Å². The van der Waals surface area contributed by atoms with Gasteiger partial charge in [0.25, 0.3) is 0 Å². The third-order valence-corrected chi connectivity index (χ3v) is 3.85. The number of ether oxygens (including phenoxy) is 2. The smallest absolute Gasteiger partial charge is 0.161 e. The van der Waals surface area contributed by atoms with Crippen molar-refractivity contribution in [2.24, 2.45) is 5.73 Å². The highest BCUT2D eigenvalue weighted by atomic mass is 16.5. The first-order valence-corrected chi connectivity index (χ1v) is 7.32. The van der Waals surface area contributed by atoms with Crippen LogP contribution in [0, 0.1) is 0 Å². The summed E-state index contributed by atoms with van der Waals surface area (Å²) in [5.41, 5.74) is 7.21. The van der Waals surface area contributed by atoms with Gasteiger partial charge >= 0.3 is 0 Å². The van der Waals surface area contributed by atoms with Crippen molar-refractivity contribution in [1.82, 2.24) is 0 Å². The van der Waals surface area contributed by atoms with Gasteiger partial charge in [0.2, 0.25) is 0 Å². The summed E-state index contributed by atoms with van der Waals surface area (Å²) in [6.07, 6.45) is 7.10. The normalized spacial score (nSPS) is 17.4. The van der Waals surface area contributed by atoms with E-state index in [1.54, 1.807) is 7.11 Å². The summed E-state index contributed by atoms with van der Waals surface area (Å²) in [4.78, 5) is 0. The van der Waals surface area contributed by atoms with E-state index in [0.717, 1.165) is 37.2 Å². The molecule has 0 saturated heterocycles. The minimum absolute atomic E-state index is 0.214. The third-order valence-electron chi connectivity index (χ3n) is 3.85. The molecular formula is C16H25NO2. The largest absolute Gasteiger partial charge is 0.493 e. The van der Waals surface area contributed by atoms with Crippen molar-refractivity contribution in [3.05, 3.63) is 23.8 Å². The van der Waals surface area contributed by atoms with Crippen LogP contribution in [0.5, 0.6) is 11.5 Å². The molecule has 1 aliphatic carbocycles. The molecule has 1 unspecified atom stereocenters. The van der Waals surface area contributed by atoms with Gasteiger partial charge < -0.3 is 15.2 Å². The lowest BCUT2D eigenvalue weighted by atomic mass is 10.0. The predicted molar refractivity (Wildman–Crippen MR) is 77.8 cm³/mol. The molecule has 3 nitrogen and oxygen atoms in total. The summed E-state index contributed by atoms with van der Waals surface area (Å²) in [6.45, 7) is 2.11. The van der Waals surface area contributed by atoms with Gasteiger partial charge in [0.05, 0.1) is 13.2 Å². The highest BCUT2D eigenvalue weighted by Crippen LogP contribution is 2.32. The van der Waals surface area contributed by atoms with Gasteiger partial charge in [0.1, 0.15) is 0 Å². The molecule has 0 spiro atoms. The number of nitrogens with two attached hydrogens (primary N) is 1. The molecule has 106 valence electrons. The van der Waals surface area contributed by atoms with Gasteiger partial charge in [-0.2, -0.15) is 0 Å². The molecule has 0 aliphatic heterocycles. The summed E-state index contributed by atoms with van der Waals surface area (Å²) in [5, 5.41) is 0. The zero-order chi connectivity index (χ0) is 13.7. The number of hydrogen-bond donors (Lipinski definition) is 1. The Morgan fingerprint density at radius 2 is 2.00 bits per heavy atom. The van der Waals surface area contributed by atoms with Crippen molar-refractivity contribution in [1.29, 1.82) is 0 Å². The van der Waals surface area contributed by atoms with E-state index in [1.807, 2.05) is 6.07 Å². The molecule has 1 aromatic rings. The Balaban J connectivity index is 2.06. The van der Waals surface area contributed by atoms with Crippen LogP contribution in [0.4, 0.5) is 0 Å². The van der Waals surface area contributed by atoms with Crippen LogP contribution in [0.15, 0.2) is 18.2 Å². The maximum absolute atomic E-state index is 6.03. The molecule has 0 amide bonds. The molecule has 2 N–H and O–H groups in total. The second kappa shape index (κ2) is 6.80. The number of benzene rings is 1. The van der Waals surface area contributed by atoms with Crippen LogP contribution in [0.1, 0.15) is 44.6 Å². The zero-order valence-electron chi connectivity index (χ0n) is 12.0. The van der Waals surface area contributed by atoms with Crippen molar-refractivity contribution in [3.8, 4) is 11.5 Å². The van der Waals surface area contributed by atoms with Gasteiger partial charge in [-0.1, -0.05) is 13.0 Å². The maximum Gasteiger partial charge on any atom is 0.161 e. The standard InChI is InChI=1S/C16H25NO2/c1-3-13(17)10-12-8-9-15(16(11-12)18-2)19-14-6-4-5-7-14/h8-9,11,13-14H,3-7,10,17H2,1-2H3. The Kier molecular flexibility index (Phi) is 5.08. The summed E-state index contributed by atoms with van der Waals surface area (Å²) in [7, 11) is 1.69. The highest BCUT2D eigenvalue weighted by Gasteiger charge is 2.18. The lowest BCUT2D eigenvalue weighted by Gasteiger charge is -2.17. The van der Waals surface area contributed by atoms with Crippen LogP contribution in [-0.2, 0) is 6.42 Å². The fourth-order valence-corrected chi connectivity index (χ4v) is 2.57. The Morgan fingerprint density at radius 1 is 1.26 bits per heavy atom. The van der Waals surface area contributed by atoms with Crippen molar-refractivity contribution < 1.29 is 9.47 Å². The Hall–Kier alpha value is -1.22. The monoisotopic (exact) mass is 263 g/mol. The van der Waals surface area contributed by atoms with Crippen LogP contribution in [0.3, 0.4) is 0 Å². The first kappa shape index (κ1) is 14.2. The van der Waals surface area contributed by atoms with Crippen LogP contribution >= 0.6 is 0 Å². The maximum atomic E-state index is 6.03. The molecule has 1 aromatic carbocycles. The van der Waals surface area contributed by atoms with Crippen LogP contribution < -0.4 is 15.2 Å². The van der Waals surface area contributed by atoms with E-state index in [-0.39, 0.29) is 6.04 Å². The Morgan fingerprint density at radius 3 is 2.63 bits per heavy atom. The first-order valence-electron chi connectivity index (χ1n) is 7.32. The molecule has 2 rings (SSSR count). The SMILES string of the molecule is CCC(N)Cc1ccc(OC2CCCC2)c(OC)c1. The molecule has 0 bridgehead atoms. The summed E-state index contributed by atoms with van der Waals surface area (Å²) in [5.74, 6) is 1.69. The predicted octanol–water partition coefficient (Wildman–Crippen LogP) is 3.30. The Labute approximate surface area is 116 Å². The van der Waals surface area contributed by atoms with E-state index in [2.05, 4.69) is 19.1 Å². The fourth-order valence-electron chi connectivity index (χ4n) is 2.57. The number of hydrogen-bond acceptors (Lipinski definition) is 3. The molecule has 1 saturated carbocycles. The molecule has 3 heteroatoms. The lowest BCUT2D eigenvalue weighted by Crippen LogP contribution is -2.21. The highest BCUT2D eigenvalue weighted by molar-refractivity contribution is 5.43. The summed E-state index contributed by atoms with van der Waals surface area (Å²) >= 11 is 0. The second-order valence-electron chi connectivity index (χ2n) is 5.38. The van der Waals surface area contributed by atoms with Crippen LogP contribution in [0.2, 0.25) is 0 Å². The van der Waals surface area contributed by atoms with Gasteiger partial charge in [-0.3, -0.25) is 0 Å². The summed E-state index contributed by atoms with van der Waals surface area (Å²) < 4.78 is 11.5. The molecule has 1 fully saturated rings. The molecule has 1 atom stereocenters. The second-order valence-corrected chi connectivity index (χ2v) is 5.38. The average molecular weight is 263 g/mol. The van der Waals surface area contributed by atoms with Gasteiger partial charge in [0, 0.05) is 6.04 Å². The lowest BCUT2D eigenvalue weighted by molar-refractivity contribution is 0.200. The molecular weight excluding hydrogens is 238 g/mol. The van der Waals surface area contributed by atoms with Gasteiger partial charge in [-0.15, -0.1) is 0 Å². The molecule has 0 heterocycles. The first-order chi connectivity index (χ1) is 9.22. The molecule has 0 radical (unpaired) electrons. The molecule has 1 aliphatic rings. The third kappa shape index (κ3) is 3.87. The van der Waals surface area contributed by atoms with Crippen LogP contribution in [0.25, 0.3) is 0 Å². The zero-order valence-corrected chi connectivity index (χ0v) is 12.0. The topological polar surface area (TPSA) is 44.5 Å². The average Bonchev–Trinajstić information content (AvgIpc) is 2.93. The number of rotatable bonds is 6. The van der Waals surface area contributed by atoms with Gasteiger partial charge in [-0.25, -0.2) is 0 Å². The van der Waals surface area contributed by atoms with Crippen molar-refractivity contribution in [3.63, 3.8) is 0 Å². The molecule has 0 aromatic heterocycles. The van der Waals surface area contributed by atoms with Gasteiger partial charge in [-0.05, 0) is 56.2 Å². The van der Waals surface area contributed by atoms with Crippen molar-refractivity contribution in [2.75, 3.05) is 7.11 Å². The minimum Gasteiger partial charge on any atom is -0.493 e.